The summed E-state index contributed by atoms with van der Waals surface area (Å²) in [6.07, 6.45) is 5.24. The average Bonchev–Trinajstić information content (AvgIpc) is 3.43. The highest BCUT2D eigenvalue weighted by Crippen LogP contribution is 2.28. The van der Waals surface area contributed by atoms with E-state index in [1.807, 2.05) is 61.6 Å². The van der Waals surface area contributed by atoms with Crippen molar-refractivity contribution in [1.82, 2.24) is 29.5 Å². The molecule has 1 amide bonds. The minimum absolute atomic E-state index is 0.0138. The monoisotopic (exact) mass is 416 g/mol. The summed E-state index contributed by atoms with van der Waals surface area (Å²) in [6.45, 7) is 5.82. The number of amides is 1. The topological polar surface area (TPSA) is 80.3 Å². The number of carbonyl (C=O) groups is 1. The third-order valence-corrected chi connectivity index (χ3v) is 5.79. The molecule has 0 bridgehead atoms. The highest BCUT2D eigenvalue weighted by Gasteiger charge is 2.26. The third kappa shape index (κ3) is 3.70. The zero-order valence-electron chi connectivity index (χ0n) is 17.7. The number of piperazine rings is 1. The molecule has 5 rings (SSSR count). The lowest BCUT2D eigenvalue weighted by molar-refractivity contribution is 0.0630. The van der Waals surface area contributed by atoms with Gasteiger partial charge in [-0.05, 0) is 42.8 Å². The molecule has 0 spiro atoms. The van der Waals surface area contributed by atoms with Crippen molar-refractivity contribution < 1.29 is 9.21 Å². The molecule has 0 radical (unpaired) electrons. The van der Waals surface area contributed by atoms with Gasteiger partial charge in [-0.1, -0.05) is 0 Å². The van der Waals surface area contributed by atoms with Crippen LogP contribution in [-0.2, 0) is 13.6 Å². The molecule has 5 heterocycles. The highest BCUT2D eigenvalue weighted by atomic mass is 16.3. The van der Waals surface area contributed by atoms with Gasteiger partial charge >= 0.3 is 0 Å². The lowest BCUT2D eigenvalue weighted by Crippen LogP contribution is -2.48. The Morgan fingerprint density at radius 1 is 1.13 bits per heavy atom. The van der Waals surface area contributed by atoms with Crippen molar-refractivity contribution in [3.05, 3.63) is 65.8 Å². The van der Waals surface area contributed by atoms with Gasteiger partial charge in [-0.25, -0.2) is 4.98 Å². The largest absolute Gasteiger partial charge is 0.463 e. The van der Waals surface area contributed by atoms with Gasteiger partial charge in [-0.15, -0.1) is 0 Å². The maximum absolute atomic E-state index is 13.6. The minimum Gasteiger partial charge on any atom is -0.463 e. The summed E-state index contributed by atoms with van der Waals surface area (Å²) >= 11 is 0. The number of hydrogen-bond donors (Lipinski definition) is 0. The van der Waals surface area contributed by atoms with E-state index in [1.54, 1.807) is 10.9 Å². The Kier molecular flexibility index (Phi) is 4.99. The van der Waals surface area contributed by atoms with Gasteiger partial charge in [0, 0.05) is 52.2 Å². The van der Waals surface area contributed by atoms with Gasteiger partial charge in [0.2, 0.25) is 0 Å². The van der Waals surface area contributed by atoms with Crippen molar-refractivity contribution in [3.63, 3.8) is 0 Å². The first-order chi connectivity index (χ1) is 15.1. The van der Waals surface area contributed by atoms with E-state index in [4.69, 9.17) is 9.40 Å². The molecule has 1 aliphatic heterocycles. The van der Waals surface area contributed by atoms with Crippen molar-refractivity contribution >= 4 is 16.9 Å². The summed E-state index contributed by atoms with van der Waals surface area (Å²) in [5.74, 6) is 0.650. The molecular weight excluding hydrogens is 392 g/mol. The second-order valence-electron chi connectivity index (χ2n) is 7.86. The summed E-state index contributed by atoms with van der Waals surface area (Å²) in [7, 11) is 1.85. The van der Waals surface area contributed by atoms with E-state index in [-0.39, 0.29) is 5.91 Å². The Morgan fingerprint density at radius 3 is 2.61 bits per heavy atom. The second kappa shape index (κ2) is 7.96. The highest BCUT2D eigenvalue weighted by molar-refractivity contribution is 6.07. The number of hydrogen-bond acceptors (Lipinski definition) is 6. The van der Waals surface area contributed by atoms with Crippen LogP contribution in [0.1, 0.15) is 21.6 Å². The lowest BCUT2D eigenvalue weighted by atomic mass is 10.1. The van der Waals surface area contributed by atoms with Crippen LogP contribution in [0.15, 0.2) is 53.4 Å². The maximum Gasteiger partial charge on any atom is 0.254 e. The Labute approximate surface area is 180 Å². The number of nitrogens with zero attached hydrogens (tertiary/aromatic N) is 6. The van der Waals surface area contributed by atoms with Gasteiger partial charge in [0.25, 0.3) is 5.91 Å². The number of aromatic nitrogens is 4. The summed E-state index contributed by atoms with van der Waals surface area (Å²) in [5.41, 5.74) is 3.99. The summed E-state index contributed by atoms with van der Waals surface area (Å²) < 4.78 is 7.26. The molecule has 0 saturated carbocycles. The van der Waals surface area contributed by atoms with Crippen LogP contribution in [0.4, 0.5) is 0 Å². The van der Waals surface area contributed by atoms with Crippen molar-refractivity contribution in [2.75, 3.05) is 26.2 Å². The average molecular weight is 416 g/mol. The molecular formula is C23H24N6O2. The van der Waals surface area contributed by atoms with E-state index >= 15 is 0 Å². The number of furan rings is 1. The van der Waals surface area contributed by atoms with Gasteiger partial charge in [0.05, 0.1) is 22.9 Å². The molecule has 0 aliphatic carbocycles. The predicted molar refractivity (Wildman–Crippen MR) is 116 cm³/mol. The molecule has 4 aromatic heterocycles. The van der Waals surface area contributed by atoms with Crippen LogP contribution in [0.5, 0.6) is 0 Å². The van der Waals surface area contributed by atoms with Crippen LogP contribution in [0.2, 0.25) is 0 Å². The number of pyridine rings is 2. The Balaban J connectivity index is 1.41. The van der Waals surface area contributed by atoms with Crippen molar-refractivity contribution in [1.29, 1.82) is 0 Å². The first kappa shape index (κ1) is 19.4. The maximum atomic E-state index is 13.6. The molecule has 1 fully saturated rings. The zero-order chi connectivity index (χ0) is 21.4. The summed E-state index contributed by atoms with van der Waals surface area (Å²) in [4.78, 5) is 26.6. The molecule has 1 saturated heterocycles. The second-order valence-corrected chi connectivity index (χ2v) is 7.86. The Hall–Kier alpha value is -3.52. The smallest absolute Gasteiger partial charge is 0.254 e. The van der Waals surface area contributed by atoms with Gasteiger partial charge in [0.15, 0.2) is 11.4 Å². The van der Waals surface area contributed by atoms with Crippen LogP contribution in [0.3, 0.4) is 0 Å². The van der Waals surface area contributed by atoms with Crippen LogP contribution in [0, 0.1) is 6.92 Å². The van der Waals surface area contributed by atoms with Crippen molar-refractivity contribution in [2.24, 2.45) is 7.05 Å². The van der Waals surface area contributed by atoms with Crippen LogP contribution >= 0.6 is 0 Å². The molecule has 1 aliphatic rings. The summed E-state index contributed by atoms with van der Waals surface area (Å²) in [6, 6.07) is 9.57. The lowest BCUT2D eigenvalue weighted by Gasteiger charge is -2.35. The molecule has 8 heteroatoms. The van der Waals surface area contributed by atoms with E-state index in [1.165, 1.54) is 5.56 Å². The van der Waals surface area contributed by atoms with Crippen molar-refractivity contribution in [2.45, 2.75) is 13.5 Å². The molecule has 0 aromatic carbocycles. The normalized spacial score (nSPS) is 15.0. The summed E-state index contributed by atoms with van der Waals surface area (Å²) in [5, 5.41) is 5.31. The fraction of sp³-hybridized carbons (Fsp3) is 0.304. The van der Waals surface area contributed by atoms with E-state index in [0.29, 0.717) is 35.8 Å². The fourth-order valence-corrected chi connectivity index (χ4v) is 4.19. The van der Waals surface area contributed by atoms with Crippen molar-refractivity contribution in [3.8, 4) is 11.5 Å². The van der Waals surface area contributed by atoms with Crippen LogP contribution in [0.25, 0.3) is 22.5 Å². The molecule has 0 N–H and O–H groups in total. The minimum atomic E-state index is 0.0138. The molecule has 0 atom stereocenters. The standard InChI is InChI=1S/C23H24N6O2/c1-16-21-18(14-19(20-4-3-13-31-20)25-22(21)27(2)26-16)23(30)29-11-9-28(10-12-29)15-17-5-7-24-8-6-17/h3-8,13-14H,9-12,15H2,1-2H3. The van der Waals surface area contributed by atoms with Gasteiger partial charge < -0.3 is 9.32 Å². The molecule has 0 unspecified atom stereocenters. The Morgan fingerprint density at radius 2 is 1.90 bits per heavy atom. The first-order valence-electron chi connectivity index (χ1n) is 10.4. The zero-order valence-corrected chi connectivity index (χ0v) is 17.7. The van der Waals surface area contributed by atoms with Gasteiger partial charge in [-0.3, -0.25) is 19.4 Å². The number of aryl methyl sites for hydroxylation is 2. The quantitative estimate of drug-likeness (QED) is 0.509. The number of rotatable bonds is 4. The number of carbonyl (C=O) groups excluding carboxylic acids is 1. The first-order valence-corrected chi connectivity index (χ1v) is 10.4. The third-order valence-electron chi connectivity index (χ3n) is 5.79. The Bertz CT molecular complexity index is 1210. The number of fused-ring (bicyclic) bond motifs is 1. The molecule has 158 valence electrons. The van der Waals surface area contributed by atoms with E-state index in [0.717, 1.165) is 30.7 Å². The van der Waals surface area contributed by atoms with Gasteiger partial charge in [-0.2, -0.15) is 5.10 Å². The van der Waals surface area contributed by atoms with E-state index in [9.17, 15) is 4.79 Å². The SMILES string of the molecule is Cc1nn(C)c2nc(-c3ccco3)cc(C(=O)N3CCN(Cc4ccncc4)CC3)c12. The molecule has 8 nitrogen and oxygen atoms in total. The van der Waals surface area contributed by atoms with Crippen LogP contribution in [-0.4, -0.2) is 61.6 Å². The molecule has 31 heavy (non-hydrogen) atoms. The van der Waals surface area contributed by atoms with Gasteiger partial charge in [0.1, 0.15) is 5.69 Å². The van der Waals surface area contributed by atoms with E-state index < -0.39 is 0 Å². The van der Waals surface area contributed by atoms with Crippen LogP contribution < -0.4 is 0 Å². The fourth-order valence-electron chi connectivity index (χ4n) is 4.19. The van der Waals surface area contributed by atoms with E-state index in [2.05, 4.69) is 15.0 Å². The predicted octanol–water partition coefficient (Wildman–Crippen LogP) is 2.89. The molecule has 4 aromatic rings.